The van der Waals surface area contributed by atoms with E-state index in [1.807, 2.05) is 0 Å². The smallest absolute Gasteiger partial charge is 0.134 e. The number of rotatable bonds is 1. The van der Waals surface area contributed by atoms with E-state index in [0.29, 0.717) is 5.78 Å². The summed E-state index contributed by atoms with van der Waals surface area (Å²) in [5.41, 5.74) is 0. The predicted octanol–water partition coefficient (Wildman–Crippen LogP) is 1.94. The minimum atomic E-state index is 0.470. The summed E-state index contributed by atoms with van der Waals surface area (Å²) in [7, 11) is 0. The van der Waals surface area contributed by atoms with Crippen LogP contribution in [0, 0.1) is 0 Å². The molecular formula is C11H19NOS. The monoisotopic (exact) mass is 213 g/mol. The van der Waals surface area contributed by atoms with Gasteiger partial charge < -0.3 is 0 Å². The lowest BCUT2D eigenvalue weighted by atomic mass is 10.1. The summed E-state index contributed by atoms with van der Waals surface area (Å²) in [6.07, 6.45) is 5.36. The molecule has 0 unspecified atom stereocenters. The molecule has 14 heavy (non-hydrogen) atoms. The lowest BCUT2D eigenvalue weighted by Crippen LogP contribution is -2.38. The van der Waals surface area contributed by atoms with Crippen molar-refractivity contribution in [3.05, 3.63) is 0 Å². The number of hydrogen-bond donors (Lipinski definition) is 0. The van der Waals surface area contributed by atoms with Crippen molar-refractivity contribution in [1.82, 2.24) is 4.90 Å². The van der Waals surface area contributed by atoms with Crippen molar-refractivity contribution in [1.29, 1.82) is 0 Å². The van der Waals surface area contributed by atoms with Crippen LogP contribution in [0.4, 0.5) is 0 Å². The van der Waals surface area contributed by atoms with E-state index in [4.69, 9.17) is 0 Å². The fraction of sp³-hybridized carbons (Fsp3) is 0.909. The van der Waals surface area contributed by atoms with E-state index >= 15 is 0 Å². The van der Waals surface area contributed by atoms with Gasteiger partial charge in [-0.15, -0.1) is 0 Å². The first-order valence-corrected chi connectivity index (χ1v) is 6.85. The van der Waals surface area contributed by atoms with E-state index in [1.165, 1.54) is 24.3 Å². The van der Waals surface area contributed by atoms with E-state index in [1.54, 1.807) is 0 Å². The molecule has 2 aliphatic heterocycles. The summed E-state index contributed by atoms with van der Waals surface area (Å²) >= 11 is 2.07. The van der Waals surface area contributed by atoms with Gasteiger partial charge in [0, 0.05) is 25.4 Å². The number of thioether (sulfide) groups is 1. The molecule has 0 aromatic heterocycles. The van der Waals surface area contributed by atoms with E-state index in [0.717, 1.165) is 38.4 Å². The van der Waals surface area contributed by atoms with Crippen LogP contribution in [-0.2, 0) is 4.79 Å². The summed E-state index contributed by atoms with van der Waals surface area (Å²) in [6, 6.07) is 0.780. The first kappa shape index (κ1) is 10.5. The second-order valence-electron chi connectivity index (χ2n) is 4.27. The van der Waals surface area contributed by atoms with E-state index < -0.39 is 0 Å². The molecule has 2 aliphatic rings. The molecule has 0 amide bonds. The SMILES string of the molecule is O=C1CCCN(C2CCSCC2)CC1. The normalized spacial score (nSPS) is 27.6. The lowest BCUT2D eigenvalue weighted by Gasteiger charge is -2.32. The molecule has 2 saturated heterocycles. The Morgan fingerprint density at radius 2 is 1.93 bits per heavy atom. The first-order valence-electron chi connectivity index (χ1n) is 5.70. The summed E-state index contributed by atoms with van der Waals surface area (Å²) < 4.78 is 0. The third-order valence-corrected chi connectivity index (χ3v) is 4.33. The highest BCUT2D eigenvalue weighted by atomic mass is 32.2. The first-order chi connectivity index (χ1) is 6.86. The Bertz CT molecular complexity index is 201. The molecule has 0 atom stereocenters. The molecule has 0 aromatic rings. The maximum absolute atomic E-state index is 11.3. The molecule has 0 spiro atoms. The third-order valence-electron chi connectivity index (χ3n) is 3.29. The highest BCUT2D eigenvalue weighted by Crippen LogP contribution is 2.23. The predicted molar refractivity (Wildman–Crippen MR) is 60.8 cm³/mol. The van der Waals surface area contributed by atoms with Crippen molar-refractivity contribution in [2.45, 2.75) is 38.1 Å². The lowest BCUT2D eigenvalue weighted by molar-refractivity contribution is -0.118. The Labute approximate surface area is 90.4 Å². The molecule has 0 aromatic carbocycles. The van der Waals surface area contributed by atoms with Crippen molar-refractivity contribution in [3.63, 3.8) is 0 Å². The summed E-state index contributed by atoms with van der Waals surface area (Å²) in [6.45, 7) is 2.18. The van der Waals surface area contributed by atoms with Crippen molar-refractivity contribution in [2.75, 3.05) is 24.6 Å². The van der Waals surface area contributed by atoms with Gasteiger partial charge in [0.05, 0.1) is 0 Å². The van der Waals surface area contributed by atoms with E-state index in [-0.39, 0.29) is 0 Å². The Morgan fingerprint density at radius 1 is 1.14 bits per heavy atom. The fourth-order valence-corrected chi connectivity index (χ4v) is 3.48. The molecule has 0 bridgehead atoms. The number of carbonyl (C=O) groups excluding carboxylic acids is 1. The Balaban J connectivity index is 1.86. The van der Waals surface area contributed by atoms with Crippen LogP contribution in [0.2, 0.25) is 0 Å². The zero-order valence-corrected chi connectivity index (χ0v) is 9.52. The average molecular weight is 213 g/mol. The molecule has 0 radical (unpaired) electrons. The van der Waals surface area contributed by atoms with Gasteiger partial charge in [-0.25, -0.2) is 0 Å². The van der Waals surface area contributed by atoms with Gasteiger partial charge in [0.15, 0.2) is 0 Å². The van der Waals surface area contributed by atoms with Gasteiger partial charge in [-0.05, 0) is 37.3 Å². The molecule has 2 rings (SSSR count). The molecule has 0 saturated carbocycles. The topological polar surface area (TPSA) is 20.3 Å². The van der Waals surface area contributed by atoms with Crippen molar-refractivity contribution in [2.24, 2.45) is 0 Å². The third kappa shape index (κ3) is 2.74. The van der Waals surface area contributed by atoms with Crippen LogP contribution in [0.5, 0.6) is 0 Å². The summed E-state index contributed by atoms with van der Waals surface area (Å²) in [5, 5.41) is 0. The van der Waals surface area contributed by atoms with Gasteiger partial charge in [-0.2, -0.15) is 11.8 Å². The molecule has 2 nitrogen and oxygen atoms in total. The second kappa shape index (κ2) is 5.17. The molecule has 80 valence electrons. The van der Waals surface area contributed by atoms with Crippen molar-refractivity contribution < 1.29 is 4.79 Å². The maximum atomic E-state index is 11.3. The molecular weight excluding hydrogens is 194 g/mol. The van der Waals surface area contributed by atoms with Gasteiger partial charge in [0.25, 0.3) is 0 Å². The van der Waals surface area contributed by atoms with Gasteiger partial charge in [0.2, 0.25) is 0 Å². The Hall–Kier alpha value is -0.0200. The van der Waals surface area contributed by atoms with Gasteiger partial charge >= 0.3 is 0 Å². The van der Waals surface area contributed by atoms with Crippen LogP contribution < -0.4 is 0 Å². The highest BCUT2D eigenvalue weighted by molar-refractivity contribution is 7.99. The van der Waals surface area contributed by atoms with Gasteiger partial charge in [-0.3, -0.25) is 9.69 Å². The summed E-state index contributed by atoms with van der Waals surface area (Å²) in [4.78, 5) is 13.8. The number of Topliss-reactive ketones (excluding diaryl/α,β-unsaturated/α-hetero) is 1. The highest BCUT2D eigenvalue weighted by Gasteiger charge is 2.23. The van der Waals surface area contributed by atoms with Gasteiger partial charge in [0.1, 0.15) is 5.78 Å². The largest absolute Gasteiger partial charge is 0.300 e. The van der Waals surface area contributed by atoms with E-state index in [2.05, 4.69) is 16.7 Å². The molecule has 0 aliphatic carbocycles. The zero-order chi connectivity index (χ0) is 9.80. The fourth-order valence-electron chi connectivity index (χ4n) is 2.40. The van der Waals surface area contributed by atoms with Crippen molar-refractivity contribution in [3.8, 4) is 0 Å². The number of nitrogens with zero attached hydrogens (tertiary/aromatic N) is 1. The molecule has 0 N–H and O–H groups in total. The number of likely N-dealkylation sites (tertiary alicyclic amines) is 1. The van der Waals surface area contributed by atoms with Crippen LogP contribution in [0.1, 0.15) is 32.1 Å². The minimum Gasteiger partial charge on any atom is -0.300 e. The van der Waals surface area contributed by atoms with Crippen LogP contribution in [0.3, 0.4) is 0 Å². The van der Waals surface area contributed by atoms with Crippen molar-refractivity contribution >= 4 is 17.5 Å². The Kier molecular flexibility index (Phi) is 3.88. The van der Waals surface area contributed by atoms with Gasteiger partial charge in [-0.1, -0.05) is 0 Å². The molecule has 3 heteroatoms. The van der Waals surface area contributed by atoms with Crippen LogP contribution in [-0.4, -0.2) is 41.3 Å². The van der Waals surface area contributed by atoms with Crippen LogP contribution in [0.25, 0.3) is 0 Å². The standard InChI is InChI=1S/C11H19NOS/c13-11-2-1-6-12(7-3-11)10-4-8-14-9-5-10/h10H,1-9H2. The maximum Gasteiger partial charge on any atom is 0.134 e. The molecule has 2 fully saturated rings. The molecule has 2 heterocycles. The number of hydrogen-bond acceptors (Lipinski definition) is 3. The number of ketones is 1. The summed E-state index contributed by atoms with van der Waals surface area (Å²) in [5.74, 6) is 3.10. The zero-order valence-electron chi connectivity index (χ0n) is 8.71. The van der Waals surface area contributed by atoms with E-state index in [9.17, 15) is 4.79 Å². The number of carbonyl (C=O) groups is 1. The average Bonchev–Trinajstić information content (AvgIpc) is 2.44. The van der Waals surface area contributed by atoms with Crippen LogP contribution in [0.15, 0.2) is 0 Å². The quantitative estimate of drug-likeness (QED) is 0.664. The Morgan fingerprint density at radius 3 is 2.71 bits per heavy atom. The van der Waals surface area contributed by atoms with Crippen LogP contribution >= 0.6 is 11.8 Å². The second-order valence-corrected chi connectivity index (χ2v) is 5.50. The minimum absolute atomic E-state index is 0.470.